The third-order valence-corrected chi connectivity index (χ3v) is 7.86. The maximum absolute atomic E-state index is 5.77. The molecule has 0 saturated carbocycles. The lowest BCUT2D eigenvalue weighted by atomic mass is 10.0. The average Bonchev–Trinajstić information content (AvgIpc) is 2.88. The Hall–Kier alpha value is -1.79. The maximum Gasteiger partial charge on any atom is 0.0406 e. The number of halogens is 1. The molecule has 0 unspecified atom stereocenters. The highest BCUT2D eigenvalue weighted by atomic mass is 35.5. The molecule has 0 nitrogen and oxygen atoms in total. The highest BCUT2D eigenvalue weighted by molar-refractivity contribution is 6.18. The quantitative estimate of drug-likeness (QED) is 0.0882. The van der Waals surface area contributed by atoms with E-state index in [1.807, 2.05) is 0 Å². The standard InChI is InChI=1S/C40H65Cl/c1-33(2)17-10-18-34(3)19-11-20-35(4)21-12-22-36(5)23-13-24-37(6)25-14-26-38(7)27-15-28-39(8)29-16-30-40(9)31-32-41/h17,19,21,23,25,27,29,31H,10-16,18,20,22,24,26,28,30,32H2,1-9H3/b34-19?,35-21?,36-23?,37-25?,38-27?,39-29+,40-31+. The topological polar surface area (TPSA) is 0 Å². The van der Waals surface area contributed by atoms with Crippen LogP contribution in [0.15, 0.2) is 93.2 Å². The van der Waals surface area contributed by atoms with E-state index in [0.717, 1.165) is 32.1 Å². The molecule has 0 aliphatic rings. The monoisotopic (exact) mass is 580 g/mol. The van der Waals surface area contributed by atoms with E-state index in [2.05, 4.69) is 111 Å². The van der Waals surface area contributed by atoms with E-state index in [-0.39, 0.29) is 0 Å². The average molecular weight is 581 g/mol. The number of allylic oxidation sites excluding steroid dienone is 16. The zero-order valence-corrected chi connectivity index (χ0v) is 29.4. The summed E-state index contributed by atoms with van der Waals surface area (Å²) in [6, 6.07) is 0. The van der Waals surface area contributed by atoms with Crippen LogP contribution in [0.5, 0.6) is 0 Å². The van der Waals surface area contributed by atoms with Gasteiger partial charge in [0, 0.05) is 5.88 Å². The highest BCUT2D eigenvalue weighted by Gasteiger charge is 1.96. The van der Waals surface area contributed by atoms with Gasteiger partial charge in [-0.3, -0.25) is 0 Å². The van der Waals surface area contributed by atoms with Crippen LogP contribution < -0.4 is 0 Å². The van der Waals surface area contributed by atoms with E-state index in [0.29, 0.717) is 5.88 Å². The Bertz CT molecular complexity index is 951. The van der Waals surface area contributed by atoms with Gasteiger partial charge in [-0.1, -0.05) is 93.2 Å². The van der Waals surface area contributed by atoms with Crippen molar-refractivity contribution in [3.05, 3.63) is 93.2 Å². The fourth-order valence-electron chi connectivity index (χ4n) is 4.71. The molecule has 0 aliphatic heterocycles. The van der Waals surface area contributed by atoms with Gasteiger partial charge < -0.3 is 0 Å². The minimum absolute atomic E-state index is 0.623. The van der Waals surface area contributed by atoms with Gasteiger partial charge in [0.15, 0.2) is 0 Å². The lowest BCUT2D eigenvalue weighted by Gasteiger charge is -2.04. The molecule has 0 aromatic carbocycles. The molecule has 0 heterocycles. The SMILES string of the molecule is CC(C)=CCCC(C)=CCCC(C)=CCCC(C)=CCCC(C)=CCCC(C)=CCC/C(C)=C/CC/C(C)=C/CCl. The van der Waals surface area contributed by atoms with Crippen LogP contribution in [0.1, 0.15) is 152 Å². The van der Waals surface area contributed by atoms with Crippen molar-refractivity contribution in [2.45, 2.75) is 152 Å². The third-order valence-electron chi connectivity index (χ3n) is 7.71. The van der Waals surface area contributed by atoms with Gasteiger partial charge in [0.05, 0.1) is 0 Å². The fourth-order valence-corrected chi connectivity index (χ4v) is 4.98. The van der Waals surface area contributed by atoms with Crippen molar-refractivity contribution in [1.82, 2.24) is 0 Å². The van der Waals surface area contributed by atoms with Crippen LogP contribution in [-0.2, 0) is 0 Å². The molecule has 0 N–H and O–H groups in total. The number of rotatable bonds is 22. The summed E-state index contributed by atoms with van der Waals surface area (Å²) < 4.78 is 0. The molecule has 0 radical (unpaired) electrons. The molecule has 0 rings (SSSR count). The second-order valence-corrected chi connectivity index (χ2v) is 12.9. The number of hydrogen-bond donors (Lipinski definition) is 0. The normalized spacial score (nSPS) is 14.6. The van der Waals surface area contributed by atoms with Crippen LogP contribution in [0.2, 0.25) is 0 Å². The molecule has 1 heteroatoms. The first-order valence-corrected chi connectivity index (χ1v) is 16.9. The molecule has 0 aliphatic carbocycles. The van der Waals surface area contributed by atoms with Crippen LogP contribution >= 0.6 is 11.6 Å². The number of hydrogen-bond acceptors (Lipinski definition) is 0. The van der Waals surface area contributed by atoms with Crippen LogP contribution in [0.4, 0.5) is 0 Å². The van der Waals surface area contributed by atoms with Gasteiger partial charge in [-0.25, -0.2) is 0 Å². The summed E-state index contributed by atoms with van der Waals surface area (Å²) in [5.74, 6) is 0.623. The lowest BCUT2D eigenvalue weighted by molar-refractivity contribution is 0.881. The Morgan fingerprint density at radius 3 is 0.707 bits per heavy atom. The molecule has 41 heavy (non-hydrogen) atoms. The summed E-state index contributed by atoms with van der Waals surface area (Å²) in [6.45, 7) is 20.2. The maximum atomic E-state index is 5.77. The van der Waals surface area contributed by atoms with Gasteiger partial charge >= 0.3 is 0 Å². The summed E-state index contributed by atoms with van der Waals surface area (Å²) in [6.07, 6.45) is 35.4. The Morgan fingerprint density at radius 1 is 0.317 bits per heavy atom. The van der Waals surface area contributed by atoms with Gasteiger partial charge in [-0.05, 0) is 152 Å². The van der Waals surface area contributed by atoms with Gasteiger partial charge in [-0.2, -0.15) is 0 Å². The van der Waals surface area contributed by atoms with E-state index in [4.69, 9.17) is 11.6 Å². The third kappa shape index (κ3) is 26.8. The van der Waals surface area contributed by atoms with Gasteiger partial charge in [0.1, 0.15) is 0 Å². The Labute approximate surface area is 262 Å². The smallest absolute Gasteiger partial charge is 0.0406 e. The van der Waals surface area contributed by atoms with Gasteiger partial charge in [-0.15, -0.1) is 11.6 Å². The molecular formula is C40H65Cl. The van der Waals surface area contributed by atoms with E-state index in [1.165, 1.54) is 102 Å². The van der Waals surface area contributed by atoms with Crippen molar-refractivity contribution in [3.8, 4) is 0 Å². The van der Waals surface area contributed by atoms with E-state index in [9.17, 15) is 0 Å². The number of alkyl halides is 1. The second-order valence-electron chi connectivity index (χ2n) is 12.6. The van der Waals surface area contributed by atoms with Crippen LogP contribution in [0.25, 0.3) is 0 Å². The lowest BCUT2D eigenvalue weighted by Crippen LogP contribution is -1.84. The van der Waals surface area contributed by atoms with Crippen molar-refractivity contribution >= 4 is 11.6 Å². The molecule has 0 amide bonds. The molecule has 0 spiro atoms. The van der Waals surface area contributed by atoms with E-state index < -0.39 is 0 Å². The summed E-state index contributed by atoms with van der Waals surface area (Å²) in [4.78, 5) is 0. The van der Waals surface area contributed by atoms with Crippen LogP contribution in [-0.4, -0.2) is 5.88 Å². The van der Waals surface area contributed by atoms with E-state index in [1.54, 1.807) is 0 Å². The summed E-state index contributed by atoms with van der Waals surface area (Å²) in [5, 5.41) is 0. The Kier molecular flexibility index (Phi) is 24.8. The molecule has 0 aromatic rings. The Balaban J connectivity index is 4.18. The zero-order valence-electron chi connectivity index (χ0n) is 28.6. The van der Waals surface area contributed by atoms with Crippen molar-refractivity contribution in [3.63, 3.8) is 0 Å². The molecular weight excluding hydrogens is 516 g/mol. The summed E-state index contributed by atoms with van der Waals surface area (Å²) >= 11 is 5.77. The minimum Gasteiger partial charge on any atom is -0.122 e. The predicted octanol–water partition coefficient (Wildman–Crippen LogP) is 14.3. The van der Waals surface area contributed by atoms with Gasteiger partial charge in [0.25, 0.3) is 0 Å². The zero-order chi connectivity index (χ0) is 30.9. The van der Waals surface area contributed by atoms with Crippen molar-refractivity contribution < 1.29 is 0 Å². The molecule has 232 valence electrons. The van der Waals surface area contributed by atoms with Crippen LogP contribution in [0.3, 0.4) is 0 Å². The second kappa shape index (κ2) is 25.9. The predicted molar refractivity (Wildman–Crippen MR) is 191 cm³/mol. The van der Waals surface area contributed by atoms with Crippen molar-refractivity contribution in [2.75, 3.05) is 5.88 Å². The first-order chi connectivity index (χ1) is 19.5. The Morgan fingerprint density at radius 2 is 0.512 bits per heavy atom. The minimum atomic E-state index is 0.623. The molecule has 0 fully saturated rings. The molecule has 0 saturated heterocycles. The summed E-state index contributed by atoms with van der Waals surface area (Å²) in [5.41, 5.74) is 11.9. The van der Waals surface area contributed by atoms with Crippen LogP contribution in [0, 0.1) is 0 Å². The first-order valence-electron chi connectivity index (χ1n) is 16.3. The van der Waals surface area contributed by atoms with Crippen molar-refractivity contribution in [1.29, 1.82) is 0 Å². The largest absolute Gasteiger partial charge is 0.122 e. The summed E-state index contributed by atoms with van der Waals surface area (Å²) in [7, 11) is 0. The fraction of sp³-hybridized carbons (Fsp3) is 0.600. The van der Waals surface area contributed by atoms with Crippen molar-refractivity contribution in [2.24, 2.45) is 0 Å². The molecule has 0 atom stereocenters. The first kappa shape index (κ1) is 39.2. The van der Waals surface area contributed by atoms with E-state index >= 15 is 0 Å². The molecule has 0 aromatic heterocycles. The van der Waals surface area contributed by atoms with Gasteiger partial charge in [0.2, 0.25) is 0 Å². The highest BCUT2D eigenvalue weighted by Crippen LogP contribution is 2.17. The molecule has 0 bridgehead atoms.